The van der Waals surface area contributed by atoms with E-state index in [0.29, 0.717) is 22.8 Å². The molecule has 0 spiro atoms. The monoisotopic (exact) mass is 344 g/mol. The number of halogens is 3. The second kappa shape index (κ2) is 4.87. The number of nitrogens with zero attached hydrogens (tertiary/aromatic N) is 3. The average molecular weight is 346 g/mol. The molecule has 1 heterocycles. The lowest BCUT2D eigenvalue weighted by molar-refractivity contribution is -0.120. The number of carbonyl (C=O) groups excluding carboxylic acids is 1. The summed E-state index contributed by atoms with van der Waals surface area (Å²) in [6.45, 7) is 1.72. The Kier molecular flexibility index (Phi) is 3.39. The number of hydrogen-bond donors (Lipinski definition) is 1. The van der Waals surface area contributed by atoms with E-state index in [1.165, 1.54) is 17.3 Å². The predicted octanol–water partition coefficient (Wildman–Crippen LogP) is 3.44. The molecule has 2 aromatic rings. The Morgan fingerprint density at radius 3 is 2.71 bits per heavy atom. The van der Waals surface area contributed by atoms with Crippen molar-refractivity contribution in [2.75, 3.05) is 5.32 Å². The summed E-state index contributed by atoms with van der Waals surface area (Å²) in [5, 5.41) is 7.30. The van der Waals surface area contributed by atoms with Crippen molar-refractivity contribution in [3.63, 3.8) is 0 Å². The van der Waals surface area contributed by atoms with Gasteiger partial charge in [-0.25, -0.2) is 9.67 Å². The summed E-state index contributed by atoms with van der Waals surface area (Å²) in [6.07, 6.45) is 3.30. The highest BCUT2D eigenvalue weighted by molar-refractivity contribution is 6.53. The number of para-hydroxylation sites is 1. The van der Waals surface area contributed by atoms with Gasteiger partial charge >= 0.3 is 0 Å². The minimum absolute atomic E-state index is 0.254. The van der Waals surface area contributed by atoms with E-state index < -0.39 is 9.75 Å². The van der Waals surface area contributed by atoms with Crippen molar-refractivity contribution in [3.8, 4) is 5.69 Å². The van der Waals surface area contributed by atoms with E-state index in [-0.39, 0.29) is 5.91 Å². The van der Waals surface area contributed by atoms with Gasteiger partial charge in [0.1, 0.15) is 22.7 Å². The first kappa shape index (κ1) is 14.6. The van der Waals surface area contributed by atoms with Crippen LogP contribution in [-0.4, -0.2) is 25.0 Å². The van der Waals surface area contributed by atoms with Crippen molar-refractivity contribution in [3.05, 3.63) is 35.9 Å². The number of hydrogen-bond acceptors (Lipinski definition) is 3. The molecule has 0 saturated heterocycles. The van der Waals surface area contributed by atoms with Gasteiger partial charge in [0.15, 0.2) is 0 Å². The Balaban J connectivity index is 1.94. The number of anilines is 1. The van der Waals surface area contributed by atoms with E-state index in [4.69, 9.17) is 34.8 Å². The van der Waals surface area contributed by atoms with Crippen LogP contribution in [0.1, 0.15) is 13.3 Å². The van der Waals surface area contributed by atoms with Crippen molar-refractivity contribution in [2.45, 2.75) is 17.7 Å². The van der Waals surface area contributed by atoms with Crippen LogP contribution >= 0.6 is 34.8 Å². The SMILES string of the molecule is C[C@@]1(C(=O)Nc2cccc(Cl)c2-n2cncn2)CC1(Cl)Cl. The molecule has 1 aromatic carbocycles. The minimum atomic E-state index is -1.02. The van der Waals surface area contributed by atoms with Crippen molar-refractivity contribution in [2.24, 2.45) is 5.41 Å². The maximum Gasteiger partial charge on any atom is 0.233 e. The largest absolute Gasteiger partial charge is 0.324 e. The van der Waals surface area contributed by atoms with Crippen molar-refractivity contribution in [1.82, 2.24) is 14.8 Å². The van der Waals surface area contributed by atoms with Crippen LogP contribution in [0.4, 0.5) is 5.69 Å². The van der Waals surface area contributed by atoms with Gasteiger partial charge in [-0.1, -0.05) is 17.7 Å². The van der Waals surface area contributed by atoms with Crippen molar-refractivity contribution >= 4 is 46.4 Å². The second-order valence-corrected chi connectivity index (χ2v) is 7.03. The number of amides is 1. The normalized spacial score (nSPS) is 22.9. The smallest absolute Gasteiger partial charge is 0.233 e. The summed E-state index contributed by atoms with van der Waals surface area (Å²) in [6, 6.07) is 5.18. The molecule has 1 N–H and O–H groups in total. The van der Waals surface area contributed by atoms with E-state index in [0.717, 1.165) is 0 Å². The van der Waals surface area contributed by atoms with Gasteiger partial charge in [-0.15, -0.1) is 23.2 Å². The molecule has 0 radical (unpaired) electrons. The Bertz CT molecular complexity index is 701. The molecule has 0 unspecified atom stereocenters. The van der Waals surface area contributed by atoms with Gasteiger partial charge < -0.3 is 5.32 Å². The fraction of sp³-hybridized carbons (Fsp3) is 0.308. The lowest BCUT2D eigenvalue weighted by Crippen LogP contribution is -2.26. The number of carbonyl (C=O) groups is 1. The number of rotatable bonds is 3. The molecule has 1 amide bonds. The van der Waals surface area contributed by atoms with Crippen LogP contribution in [0, 0.1) is 5.41 Å². The number of benzene rings is 1. The number of alkyl halides is 2. The summed E-state index contributed by atoms with van der Waals surface area (Å²) in [4.78, 5) is 16.3. The molecule has 1 aliphatic rings. The summed E-state index contributed by atoms with van der Waals surface area (Å²) in [7, 11) is 0. The molecule has 1 aliphatic carbocycles. The Morgan fingerprint density at radius 1 is 1.43 bits per heavy atom. The highest BCUT2D eigenvalue weighted by atomic mass is 35.5. The summed E-state index contributed by atoms with van der Waals surface area (Å²) in [5.41, 5.74) is 0.261. The quantitative estimate of drug-likeness (QED) is 0.867. The maximum atomic E-state index is 12.4. The summed E-state index contributed by atoms with van der Waals surface area (Å²) >= 11 is 18.3. The molecular formula is C13H11Cl3N4O. The molecular weight excluding hydrogens is 335 g/mol. The average Bonchev–Trinajstić information content (AvgIpc) is 2.81. The molecule has 1 aromatic heterocycles. The Morgan fingerprint density at radius 2 is 2.14 bits per heavy atom. The van der Waals surface area contributed by atoms with Gasteiger partial charge in [-0.2, -0.15) is 5.10 Å². The summed E-state index contributed by atoms with van der Waals surface area (Å²) in [5.74, 6) is -0.254. The predicted molar refractivity (Wildman–Crippen MR) is 82.2 cm³/mol. The van der Waals surface area contributed by atoms with E-state index in [1.807, 2.05) is 0 Å². The molecule has 0 bridgehead atoms. The summed E-state index contributed by atoms with van der Waals surface area (Å²) < 4.78 is 0.463. The van der Waals surface area contributed by atoms with E-state index >= 15 is 0 Å². The van der Waals surface area contributed by atoms with Gasteiger partial charge in [0.2, 0.25) is 5.91 Å². The zero-order chi connectivity index (χ0) is 15.3. The van der Waals surface area contributed by atoms with Gasteiger partial charge in [0.25, 0.3) is 0 Å². The molecule has 5 nitrogen and oxygen atoms in total. The van der Waals surface area contributed by atoms with Crippen molar-refractivity contribution < 1.29 is 4.79 Å². The third-order valence-electron chi connectivity index (χ3n) is 3.64. The Hall–Kier alpha value is -1.30. The first-order valence-corrected chi connectivity index (χ1v) is 7.31. The molecule has 21 heavy (non-hydrogen) atoms. The lowest BCUT2D eigenvalue weighted by atomic mass is 10.1. The molecule has 8 heteroatoms. The molecule has 1 saturated carbocycles. The fourth-order valence-electron chi connectivity index (χ4n) is 2.08. The molecule has 0 aliphatic heterocycles. The first-order valence-electron chi connectivity index (χ1n) is 6.18. The third kappa shape index (κ3) is 2.39. The van der Waals surface area contributed by atoms with E-state index in [2.05, 4.69) is 15.4 Å². The first-order chi connectivity index (χ1) is 9.85. The van der Waals surface area contributed by atoms with Crippen LogP contribution in [0.15, 0.2) is 30.9 Å². The highest BCUT2D eigenvalue weighted by Gasteiger charge is 2.67. The van der Waals surface area contributed by atoms with Gasteiger partial charge in [-0.05, 0) is 25.5 Å². The maximum absolute atomic E-state index is 12.4. The van der Waals surface area contributed by atoms with Gasteiger partial charge in [0.05, 0.1) is 16.1 Å². The van der Waals surface area contributed by atoms with Crippen LogP contribution < -0.4 is 5.32 Å². The molecule has 3 rings (SSSR count). The van der Waals surface area contributed by atoms with E-state index in [9.17, 15) is 4.79 Å². The van der Waals surface area contributed by atoms with E-state index in [1.54, 1.807) is 25.1 Å². The van der Waals surface area contributed by atoms with Gasteiger partial charge in [-0.3, -0.25) is 4.79 Å². The number of nitrogens with one attached hydrogen (secondary N) is 1. The molecule has 1 fully saturated rings. The van der Waals surface area contributed by atoms with Crippen LogP contribution in [0.25, 0.3) is 5.69 Å². The highest BCUT2D eigenvalue weighted by Crippen LogP contribution is 2.64. The molecule has 1 atom stereocenters. The minimum Gasteiger partial charge on any atom is -0.324 e. The second-order valence-electron chi connectivity index (χ2n) is 5.14. The van der Waals surface area contributed by atoms with Gasteiger partial charge in [0, 0.05) is 0 Å². The zero-order valence-corrected chi connectivity index (χ0v) is 13.2. The van der Waals surface area contributed by atoms with Crippen molar-refractivity contribution in [1.29, 1.82) is 0 Å². The van der Waals surface area contributed by atoms with Crippen LogP contribution in [0.2, 0.25) is 5.02 Å². The van der Waals surface area contributed by atoms with Crippen LogP contribution in [-0.2, 0) is 4.79 Å². The topological polar surface area (TPSA) is 59.8 Å². The number of aromatic nitrogens is 3. The Labute approximate surface area is 136 Å². The zero-order valence-electron chi connectivity index (χ0n) is 11.0. The van der Waals surface area contributed by atoms with Crippen LogP contribution in [0.3, 0.4) is 0 Å². The standard InChI is InChI=1S/C13H11Cl3N4O/c1-12(5-13(12,15)16)11(21)19-9-4-2-3-8(14)10(9)20-7-17-6-18-20/h2-4,6-7H,5H2,1H3,(H,19,21)/t12-/m0/s1. The van der Waals surface area contributed by atoms with Crippen LogP contribution in [0.5, 0.6) is 0 Å². The molecule has 110 valence electrons. The third-order valence-corrected chi connectivity index (χ3v) is 5.05. The fourth-order valence-corrected chi connectivity index (χ4v) is 3.05. The lowest BCUT2D eigenvalue weighted by Gasteiger charge is -2.16.